The van der Waals surface area contributed by atoms with Crippen LogP contribution in [0.4, 0.5) is 0 Å². The summed E-state index contributed by atoms with van der Waals surface area (Å²) in [5, 5.41) is 7.45. The molecule has 0 saturated heterocycles. The van der Waals surface area contributed by atoms with E-state index in [1.165, 1.54) is 6.07 Å². The number of ether oxygens (including phenoxy) is 1. The Bertz CT molecular complexity index is 643. The van der Waals surface area contributed by atoms with Crippen molar-refractivity contribution in [3.63, 3.8) is 0 Å². The number of aromatic nitrogens is 1. The number of nitrogens with zero attached hydrogens (tertiary/aromatic N) is 1. The first-order valence-electron chi connectivity index (χ1n) is 6.23. The van der Waals surface area contributed by atoms with Crippen molar-refractivity contribution in [2.24, 2.45) is 0 Å². The van der Waals surface area contributed by atoms with Gasteiger partial charge in [0, 0.05) is 29.8 Å². The Kier molecular flexibility index (Phi) is 5.22. The maximum absolute atomic E-state index is 12.0. The lowest BCUT2D eigenvalue weighted by molar-refractivity contribution is 0.0896. The van der Waals surface area contributed by atoms with Crippen molar-refractivity contribution < 1.29 is 14.1 Å². The number of nitrogens with one attached hydrogen (secondary N) is 1. The number of carbonyl (C=O) groups excluding carboxylic acids is 1. The summed E-state index contributed by atoms with van der Waals surface area (Å²) in [6.45, 7) is 2.25. The van der Waals surface area contributed by atoms with Crippen LogP contribution in [0.3, 0.4) is 0 Å². The summed E-state index contributed by atoms with van der Waals surface area (Å²) in [6.07, 6.45) is 0. The van der Waals surface area contributed by atoms with Gasteiger partial charge in [0.05, 0.1) is 11.6 Å². The number of halogens is 2. The molecule has 0 unspecified atom stereocenters. The normalized spacial score (nSPS) is 12.2. The Hall–Kier alpha value is -1.56. The molecule has 0 saturated carbocycles. The maximum atomic E-state index is 12.0. The van der Waals surface area contributed by atoms with Crippen LogP contribution in [0.5, 0.6) is 0 Å². The molecular formula is C14H14Cl2N2O3. The van der Waals surface area contributed by atoms with Gasteiger partial charge in [-0.1, -0.05) is 28.4 Å². The minimum absolute atomic E-state index is 0.123. The van der Waals surface area contributed by atoms with Gasteiger partial charge in [0.1, 0.15) is 0 Å². The second kappa shape index (κ2) is 6.93. The van der Waals surface area contributed by atoms with Crippen LogP contribution in [0, 0.1) is 0 Å². The Labute approximate surface area is 132 Å². The summed E-state index contributed by atoms with van der Waals surface area (Å²) in [5.41, 5.74) is 0.802. The molecule has 0 aliphatic heterocycles. The summed E-state index contributed by atoms with van der Waals surface area (Å²) in [5.74, 6) is 0.0702. The first-order valence-corrected chi connectivity index (χ1v) is 6.98. The Morgan fingerprint density at radius 1 is 1.43 bits per heavy atom. The predicted octanol–water partition coefficient (Wildman–Crippen LogP) is 3.41. The van der Waals surface area contributed by atoms with Gasteiger partial charge in [0.2, 0.25) is 0 Å². The molecule has 0 bridgehead atoms. The lowest BCUT2D eigenvalue weighted by Crippen LogP contribution is -2.35. The summed E-state index contributed by atoms with van der Waals surface area (Å²) < 4.78 is 10.1. The summed E-state index contributed by atoms with van der Waals surface area (Å²) in [6, 6.07) is 6.40. The molecule has 1 heterocycles. The molecule has 0 aliphatic carbocycles. The SMILES string of the molecule is COC[C@@H](C)NC(=O)c1cc(-c2ccc(Cl)cc2Cl)on1. The highest BCUT2D eigenvalue weighted by molar-refractivity contribution is 6.36. The van der Waals surface area contributed by atoms with Crippen LogP contribution >= 0.6 is 23.2 Å². The van der Waals surface area contributed by atoms with Gasteiger partial charge in [-0.15, -0.1) is 0 Å². The number of benzene rings is 1. The van der Waals surface area contributed by atoms with Gasteiger partial charge in [0.15, 0.2) is 11.5 Å². The average molecular weight is 329 g/mol. The van der Waals surface area contributed by atoms with Gasteiger partial charge in [0.25, 0.3) is 5.91 Å². The third-order valence-electron chi connectivity index (χ3n) is 2.73. The van der Waals surface area contributed by atoms with Crippen LogP contribution in [-0.4, -0.2) is 30.8 Å². The summed E-state index contributed by atoms with van der Waals surface area (Å²) in [4.78, 5) is 12.0. The molecule has 0 radical (unpaired) electrons. The fourth-order valence-electron chi connectivity index (χ4n) is 1.79. The fourth-order valence-corrected chi connectivity index (χ4v) is 2.29. The van der Waals surface area contributed by atoms with Crippen molar-refractivity contribution in [1.29, 1.82) is 0 Å². The van der Waals surface area contributed by atoms with Gasteiger partial charge >= 0.3 is 0 Å². The number of methoxy groups -OCH3 is 1. The molecule has 112 valence electrons. The summed E-state index contributed by atoms with van der Waals surface area (Å²) >= 11 is 11.9. The second-order valence-electron chi connectivity index (χ2n) is 4.53. The molecule has 2 rings (SSSR count). The minimum atomic E-state index is -0.334. The molecule has 1 N–H and O–H groups in total. The van der Waals surface area contributed by atoms with E-state index in [4.69, 9.17) is 32.5 Å². The second-order valence-corrected chi connectivity index (χ2v) is 5.37. The van der Waals surface area contributed by atoms with Gasteiger partial charge in [-0.05, 0) is 25.1 Å². The predicted molar refractivity (Wildman–Crippen MR) is 80.8 cm³/mol. The van der Waals surface area contributed by atoms with Crippen LogP contribution in [0.15, 0.2) is 28.8 Å². The Morgan fingerprint density at radius 2 is 2.19 bits per heavy atom. The van der Waals surface area contributed by atoms with E-state index in [1.807, 2.05) is 6.92 Å². The lowest BCUT2D eigenvalue weighted by atomic mass is 10.1. The van der Waals surface area contributed by atoms with Gasteiger partial charge in [-0.25, -0.2) is 0 Å². The number of carbonyl (C=O) groups is 1. The van der Waals surface area contributed by atoms with Gasteiger partial charge < -0.3 is 14.6 Å². The maximum Gasteiger partial charge on any atom is 0.273 e. The molecule has 2 aromatic rings. The van der Waals surface area contributed by atoms with Gasteiger partial charge in [-0.2, -0.15) is 0 Å². The van der Waals surface area contributed by atoms with Crippen molar-refractivity contribution in [3.05, 3.63) is 40.0 Å². The van der Waals surface area contributed by atoms with Crippen LogP contribution in [0.1, 0.15) is 17.4 Å². The van der Waals surface area contributed by atoms with E-state index in [2.05, 4.69) is 10.5 Å². The van der Waals surface area contributed by atoms with E-state index in [9.17, 15) is 4.79 Å². The topological polar surface area (TPSA) is 64.4 Å². The number of amides is 1. The highest BCUT2D eigenvalue weighted by atomic mass is 35.5. The standard InChI is InChI=1S/C14H14Cl2N2O3/c1-8(7-20-2)17-14(19)12-6-13(21-18-12)10-4-3-9(15)5-11(10)16/h3-6,8H,7H2,1-2H3,(H,17,19)/t8-/m1/s1. The Morgan fingerprint density at radius 3 is 2.86 bits per heavy atom. The largest absolute Gasteiger partial charge is 0.383 e. The molecular weight excluding hydrogens is 315 g/mol. The van der Waals surface area contributed by atoms with Crippen LogP contribution in [0.25, 0.3) is 11.3 Å². The first kappa shape index (κ1) is 15.8. The van der Waals surface area contributed by atoms with E-state index in [1.54, 1.807) is 25.3 Å². The molecule has 1 aromatic carbocycles. The number of rotatable bonds is 5. The van der Waals surface area contributed by atoms with Crippen molar-refractivity contribution in [1.82, 2.24) is 10.5 Å². The third-order valence-corrected chi connectivity index (χ3v) is 3.28. The van der Waals surface area contributed by atoms with Crippen LogP contribution < -0.4 is 5.32 Å². The minimum Gasteiger partial charge on any atom is -0.383 e. The molecule has 1 aromatic heterocycles. The van der Waals surface area contributed by atoms with Gasteiger partial charge in [-0.3, -0.25) is 4.79 Å². The fraction of sp³-hybridized carbons (Fsp3) is 0.286. The van der Waals surface area contributed by atoms with Crippen molar-refractivity contribution in [3.8, 4) is 11.3 Å². The molecule has 0 spiro atoms. The summed E-state index contributed by atoms with van der Waals surface area (Å²) in [7, 11) is 1.57. The molecule has 21 heavy (non-hydrogen) atoms. The average Bonchev–Trinajstić information content (AvgIpc) is 2.88. The van der Waals surface area contributed by atoms with E-state index in [-0.39, 0.29) is 17.6 Å². The molecule has 1 amide bonds. The zero-order chi connectivity index (χ0) is 15.4. The Balaban J connectivity index is 2.16. The number of hydrogen-bond donors (Lipinski definition) is 1. The van der Waals surface area contributed by atoms with Crippen LogP contribution in [0.2, 0.25) is 10.0 Å². The van der Waals surface area contributed by atoms with E-state index in [0.29, 0.717) is 28.0 Å². The zero-order valence-corrected chi connectivity index (χ0v) is 13.0. The van der Waals surface area contributed by atoms with Crippen molar-refractivity contribution >= 4 is 29.1 Å². The highest BCUT2D eigenvalue weighted by Gasteiger charge is 2.17. The molecule has 0 fully saturated rings. The van der Waals surface area contributed by atoms with Crippen LogP contribution in [-0.2, 0) is 4.74 Å². The monoisotopic (exact) mass is 328 g/mol. The van der Waals surface area contributed by atoms with Crippen molar-refractivity contribution in [2.75, 3.05) is 13.7 Å². The molecule has 0 aliphatic rings. The number of hydrogen-bond acceptors (Lipinski definition) is 4. The van der Waals surface area contributed by atoms with Crippen molar-refractivity contribution in [2.45, 2.75) is 13.0 Å². The van der Waals surface area contributed by atoms with E-state index in [0.717, 1.165) is 0 Å². The highest BCUT2D eigenvalue weighted by Crippen LogP contribution is 2.30. The lowest BCUT2D eigenvalue weighted by Gasteiger charge is -2.10. The quantitative estimate of drug-likeness (QED) is 0.913. The zero-order valence-electron chi connectivity index (χ0n) is 11.5. The smallest absolute Gasteiger partial charge is 0.273 e. The molecule has 1 atom stereocenters. The first-order chi connectivity index (χ1) is 10.0. The van der Waals surface area contributed by atoms with E-state index < -0.39 is 0 Å². The molecule has 7 heteroatoms. The molecule has 5 nitrogen and oxygen atoms in total. The third kappa shape index (κ3) is 3.97. The van der Waals surface area contributed by atoms with E-state index >= 15 is 0 Å².